The maximum Gasteiger partial charge on any atom is 0.197 e. The number of hydrogen-bond acceptors (Lipinski definition) is 4. The van der Waals surface area contributed by atoms with Crippen LogP contribution >= 0.6 is 11.3 Å². The van der Waals surface area contributed by atoms with E-state index in [1.54, 1.807) is 23.7 Å². The Bertz CT molecular complexity index is 491. The number of thiophene rings is 1. The van der Waals surface area contributed by atoms with Crippen molar-refractivity contribution in [2.24, 2.45) is 0 Å². The van der Waals surface area contributed by atoms with Gasteiger partial charge < -0.3 is 0 Å². The highest BCUT2D eigenvalue weighted by atomic mass is 32.1. The van der Waals surface area contributed by atoms with E-state index in [0.717, 1.165) is 11.1 Å². The van der Waals surface area contributed by atoms with E-state index < -0.39 is 0 Å². The average Bonchev–Trinajstić information content (AvgIpc) is 2.60. The topological polar surface area (TPSA) is 42.9 Å². The summed E-state index contributed by atoms with van der Waals surface area (Å²) in [7, 11) is 0. The maximum atomic E-state index is 12.0. The molecule has 2 rings (SSSR count). The number of rotatable bonds is 2. The molecule has 3 nitrogen and oxygen atoms in total. The number of nitrogens with zero attached hydrogens (tertiary/aromatic N) is 2. The SMILES string of the molecule is Cc1scc(C(=O)c2cncnc2)c1C. The molecular formula is C11H10N2OS. The molecule has 0 N–H and O–H groups in total. The highest BCUT2D eigenvalue weighted by Crippen LogP contribution is 2.22. The zero-order valence-corrected chi connectivity index (χ0v) is 9.34. The van der Waals surface area contributed by atoms with Gasteiger partial charge in [0.15, 0.2) is 5.78 Å². The Morgan fingerprint density at radius 2 is 1.93 bits per heavy atom. The van der Waals surface area contributed by atoms with Crippen molar-refractivity contribution in [3.8, 4) is 0 Å². The molecule has 76 valence electrons. The van der Waals surface area contributed by atoms with E-state index in [9.17, 15) is 4.79 Å². The van der Waals surface area contributed by atoms with Gasteiger partial charge in [0.25, 0.3) is 0 Å². The summed E-state index contributed by atoms with van der Waals surface area (Å²) in [6.07, 6.45) is 4.51. The van der Waals surface area contributed by atoms with Gasteiger partial charge in [-0.05, 0) is 19.4 Å². The monoisotopic (exact) mass is 218 g/mol. The van der Waals surface area contributed by atoms with Gasteiger partial charge in [0.1, 0.15) is 6.33 Å². The van der Waals surface area contributed by atoms with Gasteiger partial charge in [-0.3, -0.25) is 4.79 Å². The summed E-state index contributed by atoms with van der Waals surface area (Å²) in [6.45, 7) is 3.97. The van der Waals surface area contributed by atoms with Crippen LogP contribution in [0.4, 0.5) is 0 Å². The quantitative estimate of drug-likeness (QED) is 0.727. The molecule has 0 saturated carbocycles. The van der Waals surface area contributed by atoms with E-state index in [1.165, 1.54) is 11.2 Å². The third-order valence-electron chi connectivity index (χ3n) is 2.35. The number of carbonyl (C=O) groups is 1. The van der Waals surface area contributed by atoms with Gasteiger partial charge in [0.2, 0.25) is 0 Å². The number of hydrogen-bond donors (Lipinski definition) is 0. The van der Waals surface area contributed by atoms with Crippen LogP contribution < -0.4 is 0 Å². The highest BCUT2D eigenvalue weighted by Gasteiger charge is 2.14. The van der Waals surface area contributed by atoms with Crippen molar-refractivity contribution in [1.82, 2.24) is 9.97 Å². The third-order valence-corrected chi connectivity index (χ3v) is 3.37. The Labute approximate surface area is 91.8 Å². The predicted octanol–water partition coefficient (Wildman–Crippen LogP) is 2.39. The summed E-state index contributed by atoms with van der Waals surface area (Å²) in [5.41, 5.74) is 2.35. The van der Waals surface area contributed by atoms with Crippen molar-refractivity contribution in [3.05, 3.63) is 45.7 Å². The second kappa shape index (κ2) is 3.90. The van der Waals surface area contributed by atoms with Gasteiger partial charge >= 0.3 is 0 Å². The van der Waals surface area contributed by atoms with Gasteiger partial charge in [-0.25, -0.2) is 9.97 Å². The van der Waals surface area contributed by atoms with Crippen LogP contribution in [0.25, 0.3) is 0 Å². The van der Waals surface area contributed by atoms with E-state index in [-0.39, 0.29) is 5.78 Å². The van der Waals surface area contributed by atoms with Crippen LogP contribution in [0, 0.1) is 13.8 Å². The lowest BCUT2D eigenvalue weighted by atomic mass is 10.0. The molecule has 0 aliphatic carbocycles. The minimum Gasteiger partial charge on any atom is -0.288 e. The Hall–Kier alpha value is -1.55. The lowest BCUT2D eigenvalue weighted by molar-refractivity contribution is 0.103. The summed E-state index contributed by atoms with van der Waals surface area (Å²) in [6, 6.07) is 0. The molecule has 0 aliphatic rings. The van der Waals surface area contributed by atoms with E-state index in [1.807, 2.05) is 19.2 Å². The largest absolute Gasteiger partial charge is 0.288 e. The Balaban J connectivity index is 2.42. The van der Waals surface area contributed by atoms with Crippen molar-refractivity contribution >= 4 is 17.1 Å². The fourth-order valence-corrected chi connectivity index (χ4v) is 2.17. The molecule has 0 bridgehead atoms. The Kier molecular flexibility index (Phi) is 2.60. The molecule has 0 atom stereocenters. The molecule has 0 radical (unpaired) electrons. The van der Waals surface area contributed by atoms with Crippen LogP contribution in [-0.2, 0) is 0 Å². The normalized spacial score (nSPS) is 10.3. The van der Waals surface area contributed by atoms with Crippen LogP contribution in [0.15, 0.2) is 24.1 Å². The molecule has 2 aromatic heterocycles. The van der Waals surface area contributed by atoms with Crippen molar-refractivity contribution < 1.29 is 4.79 Å². The zero-order chi connectivity index (χ0) is 10.8. The van der Waals surface area contributed by atoms with E-state index in [0.29, 0.717) is 5.56 Å². The summed E-state index contributed by atoms with van der Waals surface area (Å²) in [5, 5.41) is 1.89. The summed E-state index contributed by atoms with van der Waals surface area (Å²) in [5.74, 6) is -0.00236. The van der Waals surface area contributed by atoms with Crippen LogP contribution in [0.2, 0.25) is 0 Å². The standard InChI is InChI=1S/C11H10N2OS/c1-7-8(2)15-5-10(7)11(14)9-3-12-6-13-4-9/h3-6H,1-2H3. The molecule has 4 heteroatoms. The van der Waals surface area contributed by atoms with Crippen LogP contribution in [0.5, 0.6) is 0 Å². The second-order valence-corrected chi connectivity index (χ2v) is 4.37. The first-order chi connectivity index (χ1) is 7.20. The molecule has 2 aromatic rings. The van der Waals surface area contributed by atoms with Gasteiger partial charge in [-0.1, -0.05) is 0 Å². The Morgan fingerprint density at radius 3 is 2.47 bits per heavy atom. The first kappa shape index (κ1) is 9.98. The molecule has 0 aliphatic heterocycles. The molecule has 0 saturated heterocycles. The molecule has 0 amide bonds. The number of aryl methyl sites for hydroxylation is 1. The molecule has 0 spiro atoms. The zero-order valence-electron chi connectivity index (χ0n) is 8.52. The molecule has 15 heavy (non-hydrogen) atoms. The molecule has 0 aromatic carbocycles. The first-order valence-corrected chi connectivity index (χ1v) is 5.42. The van der Waals surface area contributed by atoms with E-state index in [4.69, 9.17) is 0 Å². The summed E-state index contributed by atoms with van der Waals surface area (Å²) < 4.78 is 0. The number of ketones is 1. The molecular weight excluding hydrogens is 208 g/mol. The van der Waals surface area contributed by atoms with Gasteiger partial charge in [0, 0.05) is 28.2 Å². The maximum absolute atomic E-state index is 12.0. The average molecular weight is 218 g/mol. The van der Waals surface area contributed by atoms with Gasteiger partial charge in [-0.2, -0.15) is 0 Å². The minimum absolute atomic E-state index is 0.00236. The second-order valence-electron chi connectivity index (χ2n) is 3.29. The predicted molar refractivity (Wildman–Crippen MR) is 59.3 cm³/mol. The van der Waals surface area contributed by atoms with Crippen molar-refractivity contribution in [2.45, 2.75) is 13.8 Å². The lowest BCUT2D eigenvalue weighted by Crippen LogP contribution is -2.02. The number of aromatic nitrogens is 2. The molecule has 0 fully saturated rings. The fraction of sp³-hybridized carbons (Fsp3) is 0.182. The highest BCUT2D eigenvalue weighted by molar-refractivity contribution is 7.10. The summed E-state index contributed by atoms with van der Waals surface area (Å²) in [4.78, 5) is 20.9. The third kappa shape index (κ3) is 1.80. The Morgan fingerprint density at radius 1 is 1.27 bits per heavy atom. The van der Waals surface area contributed by atoms with Crippen molar-refractivity contribution in [2.75, 3.05) is 0 Å². The van der Waals surface area contributed by atoms with E-state index >= 15 is 0 Å². The van der Waals surface area contributed by atoms with Crippen LogP contribution in [0.3, 0.4) is 0 Å². The van der Waals surface area contributed by atoms with Crippen molar-refractivity contribution in [3.63, 3.8) is 0 Å². The smallest absolute Gasteiger partial charge is 0.197 e. The fourth-order valence-electron chi connectivity index (χ4n) is 1.31. The van der Waals surface area contributed by atoms with Gasteiger partial charge in [0.05, 0.1) is 5.56 Å². The van der Waals surface area contributed by atoms with E-state index in [2.05, 4.69) is 9.97 Å². The lowest BCUT2D eigenvalue weighted by Gasteiger charge is -1.98. The molecule has 2 heterocycles. The van der Waals surface area contributed by atoms with Crippen LogP contribution in [0.1, 0.15) is 26.4 Å². The van der Waals surface area contributed by atoms with Gasteiger partial charge in [-0.15, -0.1) is 11.3 Å². The van der Waals surface area contributed by atoms with Crippen molar-refractivity contribution in [1.29, 1.82) is 0 Å². The molecule has 0 unspecified atom stereocenters. The first-order valence-electron chi connectivity index (χ1n) is 4.54. The number of carbonyl (C=O) groups excluding carboxylic acids is 1. The van der Waals surface area contributed by atoms with Crippen LogP contribution in [-0.4, -0.2) is 15.8 Å². The minimum atomic E-state index is -0.00236. The summed E-state index contributed by atoms with van der Waals surface area (Å²) >= 11 is 1.59.